The Morgan fingerprint density at radius 2 is 2.10 bits per heavy atom. The van der Waals surface area contributed by atoms with Gasteiger partial charge in [-0.2, -0.15) is 0 Å². The van der Waals surface area contributed by atoms with Crippen LogP contribution in [-0.2, 0) is 14.8 Å². The van der Waals surface area contributed by atoms with Crippen molar-refractivity contribution in [3.8, 4) is 5.75 Å². The van der Waals surface area contributed by atoms with Gasteiger partial charge in [-0.1, -0.05) is 13.0 Å². The maximum Gasteiger partial charge on any atom is 0.251 e. The lowest BCUT2D eigenvalue weighted by Crippen LogP contribution is -2.16. The molecule has 0 heterocycles. The van der Waals surface area contributed by atoms with Gasteiger partial charge in [0.05, 0.1) is 17.7 Å². The molecule has 0 saturated carbocycles. The minimum absolute atomic E-state index is 0.0919. The first kappa shape index (κ1) is 16.2. The van der Waals surface area contributed by atoms with E-state index >= 15 is 0 Å². The quantitative estimate of drug-likeness (QED) is 0.807. The van der Waals surface area contributed by atoms with Crippen LogP contribution >= 0.6 is 0 Å². The molecule has 0 fully saturated rings. The van der Waals surface area contributed by atoms with Crippen LogP contribution in [-0.4, -0.2) is 21.4 Å². The van der Waals surface area contributed by atoms with E-state index < -0.39 is 10.0 Å². The summed E-state index contributed by atoms with van der Waals surface area (Å²) in [4.78, 5) is 11.8. The number of allylic oxidation sites excluding steroid dienone is 1. The fraction of sp³-hybridized carbons (Fsp3) is 0.308. The third-order valence-corrected chi connectivity index (χ3v) is 3.53. The number of benzene rings is 1. The van der Waals surface area contributed by atoms with Crippen molar-refractivity contribution in [1.82, 2.24) is 0 Å². The van der Waals surface area contributed by atoms with Crippen LogP contribution in [0.3, 0.4) is 0 Å². The van der Waals surface area contributed by atoms with Crippen LogP contribution in [0.4, 0.5) is 5.69 Å². The number of anilines is 1. The van der Waals surface area contributed by atoms with Gasteiger partial charge < -0.3 is 10.1 Å². The Kier molecular flexibility index (Phi) is 5.29. The second-order valence-electron chi connectivity index (χ2n) is 4.16. The van der Waals surface area contributed by atoms with Crippen LogP contribution in [0.15, 0.2) is 34.7 Å². The maximum absolute atomic E-state index is 11.9. The Morgan fingerprint density at radius 1 is 1.45 bits per heavy atom. The van der Waals surface area contributed by atoms with E-state index in [2.05, 4.69) is 5.32 Å². The topological polar surface area (TPSA) is 98.5 Å². The van der Waals surface area contributed by atoms with Crippen molar-refractivity contribution < 1.29 is 17.9 Å². The molecule has 0 atom stereocenters. The van der Waals surface area contributed by atoms with Crippen molar-refractivity contribution in [3.63, 3.8) is 0 Å². The third kappa shape index (κ3) is 4.07. The first-order valence-electron chi connectivity index (χ1n) is 5.98. The molecule has 3 N–H and O–H groups in total. The van der Waals surface area contributed by atoms with E-state index in [1.54, 1.807) is 13.0 Å². The summed E-state index contributed by atoms with van der Waals surface area (Å²) in [6, 6.07) is 4.03. The van der Waals surface area contributed by atoms with Gasteiger partial charge in [-0.25, -0.2) is 13.6 Å². The smallest absolute Gasteiger partial charge is 0.251 e. The van der Waals surface area contributed by atoms with E-state index in [0.717, 1.165) is 6.42 Å². The lowest BCUT2D eigenvalue weighted by molar-refractivity contribution is -0.112. The first-order valence-corrected chi connectivity index (χ1v) is 7.53. The molecule has 0 unspecified atom stereocenters. The summed E-state index contributed by atoms with van der Waals surface area (Å²) in [7, 11) is -2.41. The van der Waals surface area contributed by atoms with Crippen molar-refractivity contribution >= 4 is 21.6 Å². The molecule has 1 aromatic carbocycles. The predicted molar refractivity (Wildman–Crippen MR) is 77.0 cm³/mol. The van der Waals surface area contributed by atoms with E-state index in [4.69, 9.17) is 9.88 Å². The molecule has 1 aromatic rings. The van der Waals surface area contributed by atoms with Crippen molar-refractivity contribution in [2.24, 2.45) is 5.14 Å². The number of rotatable bonds is 5. The summed E-state index contributed by atoms with van der Waals surface area (Å²) in [6.45, 7) is 3.59. The molecule has 6 nitrogen and oxygen atoms in total. The highest BCUT2D eigenvalue weighted by molar-refractivity contribution is 7.89. The predicted octanol–water partition coefficient (Wildman–Crippen LogP) is 1.64. The Balaban J connectivity index is 3.16. The van der Waals surface area contributed by atoms with Gasteiger partial charge in [-0.15, -0.1) is 0 Å². The van der Waals surface area contributed by atoms with Gasteiger partial charge in [0.2, 0.25) is 10.0 Å². The van der Waals surface area contributed by atoms with Crippen molar-refractivity contribution in [2.75, 3.05) is 12.4 Å². The van der Waals surface area contributed by atoms with Crippen LogP contribution in [0.5, 0.6) is 5.75 Å². The molecule has 20 heavy (non-hydrogen) atoms. The molecule has 0 saturated heterocycles. The molecule has 0 aliphatic carbocycles. The van der Waals surface area contributed by atoms with E-state index in [0.29, 0.717) is 11.3 Å². The highest BCUT2D eigenvalue weighted by Gasteiger charge is 2.14. The minimum Gasteiger partial charge on any atom is -0.495 e. The lowest BCUT2D eigenvalue weighted by atomic mass is 10.2. The maximum atomic E-state index is 11.9. The lowest BCUT2D eigenvalue weighted by Gasteiger charge is -2.11. The van der Waals surface area contributed by atoms with Gasteiger partial charge in [0.25, 0.3) is 5.91 Å². The Bertz CT molecular complexity index is 636. The Labute approximate surface area is 118 Å². The number of nitrogens with two attached hydrogens (primary N) is 1. The second-order valence-corrected chi connectivity index (χ2v) is 5.72. The van der Waals surface area contributed by atoms with Crippen molar-refractivity contribution in [2.45, 2.75) is 25.2 Å². The number of nitrogens with one attached hydrogen (secondary N) is 1. The zero-order valence-electron chi connectivity index (χ0n) is 11.6. The van der Waals surface area contributed by atoms with Crippen molar-refractivity contribution in [1.29, 1.82) is 0 Å². The summed E-state index contributed by atoms with van der Waals surface area (Å²) in [5, 5.41) is 7.67. The zero-order chi connectivity index (χ0) is 15.3. The van der Waals surface area contributed by atoms with Crippen LogP contribution in [0, 0.1) is 0 Å². The number of carbonyl (C=O) groups excluding carboxylic acids is 1. The molecule has 0 aliphatic heterocycles. The van der Waals surface area contributed by atoms with E-state index in [1.807, 2.05) is 6.92 Å². The summed E-state index contributed by atoms with van der Waals surface area (Å²) < 4.78 is 27.7. The average Bonchev–Trinajstić information content (AvgIpc) is 2.37. The number of ether oxygens (including phenoxy) is 1. The molecule has 1 rings (SSSR count). The van der Waals surface area contributed by atoms with E-state index in [1.165, 1.54) is 25.3 Å². The number of amides is 1. The third-order valence-electron chi connectivity index (χ3n) is 2.62. The van der Waals surface area contributed by atoms with E-state index in [-0.39, 0.29) is 16.5 Å². The van der Waals surface area contributed by atoms with Gasteiger partial charge in [0.1, 0.15) is 5.75 Å². The van der Waals surface area contributed by atoms with Crippen LogP contribution in [0.25, 0.3) is 0 Å². The van der Waals surface area contributed by atoms with Gasteiger partial charge in [0.15, 0.2) is 0 Å². The molecule has 7 heteroatoms. The normalized spacial score (nSPS) is 12.1. The number of hydrogen-bond acceptors (Lipinski definition) is 4. The van der Waals surface area contributed by atoms with Crippen LogP contribution < -0.4 is 15.2 Å². The van der Waals surface area contributed by atoms with Gasteiger partial charge >= 0.3 is 0 Å². The number of carbonyl (C=O) groups is 1. The molecule has 0 bridgehead atoms. The van der Waals surface area contributed by atoms with Gasteiger partial charge in [-0.3, -0.25) is 4.79 Å². The molecule has 110 valence electrons. The fourth-order valence-electron chi connectivity index (χ4n) is 1.58. The largest absolute Gasteiger partial charge is 0.495 e. The molecular weight excluding hydrogens is 280 g/mol. The number of hydrogen-bond donors (Lipinski definition) is 2. The minimum atomic E-state index is -3.84. The molecule has 0 radical (unpaired) electrons. The molecule has 0 spiro atoms. The fourth-order valence-corrected chi connectivity index (χ4v) is 2.12. The Hall–Kier alpha value is -1.86. The number of sulfonamides is 1. The molecule has 1 amide bonds. The molecule has 0 aromatic heterocycles. The highest BCUT2D eigenvalue weighted by Crippen LogP contribution is 2.27. The monoisotopic (exact) mass is 298 g/mol. The molecule has 0 aliphatic rings. The standard InChI is InChI=1S/C13H18N2O4S/c1-4-5-9(2)13(16)15-11-8-10(20(14,17)18)6-7-12(11)19-3/h5-8H,4H2,1-3H3,(H,15,16)(H2,14,17,18). The van der Waals surface area contributed by atoms with Gasteiger partial charge in [0, 0.05) is 5.57 Å². The summed E-state index contributed by atoms with van der Waals surface area (Å²) in [5.74, 6) is 0.0340. The zero-order valence-corrected chi connectivity index (χ0v) is 12.5. The van der Waals surface area contributed by atoms with Gasteiger partial charge in [-0.05, 0) is 31.5 Å². The first-order chi connectivity index (χ1) is 9.29. The van der Waals surface area contributed by atoms with Crippen molar-refractivity contribution in [3.05, 3.63) is 29.8 Å². The summed E-state index contributed by atoms with van der Waals surface area (Å²) >= 11 is 0. The second kappa shape index (κ2) is 6.53. The Morgan fingerprint density at radius 3 is 2.60 bits per heavy atom. The van der Waals surface area contributed by atoms with Crippen LogP contribution in [0.2, 0.25) is 0 Å². The number of methoxy groups -OCH3 is 1. The molecular formula is C13H18N2O4S. The summed E-state index contributed by atoms with van der Waals surface area (Å²) in [5.41, 5.74) is 0.795. The SMILES string of the molecule is CCC=C(C)C(=O)Nc1cc(S(N)(=O)=O)ccc1OC. The highest BCUT2D eigenvalue weighted by atomic mass is 32.2. The summed E-state index contributed by atoms with van der Waals surface area (Å²) in [6.07, 6.45) is 2.50. The van der Waals surface area contributed by atoms with E-state index in [9.17, 15) is 13.2 Å². The number of primary sulfonamides is 1. The average molecular weight is 298 g/mol. The van der Waals surface area contributed by atoms with Crippen LogP contribution in [0.1, 0.15) is 20.3 Å².